The van der Waals surface area contributed by atoms with Crippen molar-refractivity contribution in [2.24, 2.45) is 0 Å². The summed E-state index contributed by atoms with van der Waals surface area (Å²) >= 11 is 0. The molecule has 18 heavy (non-hydrogen) atoms. The fourth-order valence-corrected chi connectivity index (χ4v) is 1.94. The molecule has 1 aromatic rings. The van der Waals surface area contributed by atoms with Crippen molar-refractivity contribution in [1.82, 2.24) is 0 Å². The van der Waals surface area contributed by atoms with Gasteiger partial charge in [0.05, 0.1) is 17.9 Å². The zero-order valence-electron chi connectivity index (χ0n) is 9.66. The summed E-state index contributed by atoms with van der Waals surface area (Å²) in [6, 6.07) is 2.38. The second-order valence-electron chi connectivity index (χ2n) is 4.02. The molecule has 1 aliphatic rings. The van der Waals surface area contributed by atoms with Gasteiger partial charge in [0.1, 0.15) is 0 Å². The first-order valence-electron chi connectivity index (χ1n) is 5.65. The summed E-state index contributed by atoms with van der Waals surface area (Å²) in [5, 5.41) is 8.70. The van der Waals surface area contributed by atoms with Gasteiger partial charge in [-0.15, -0.1) is 0 Å². The van der Waals surface area contributed by atoms with Crippen LogP contribution in [0.3, 0.4) is 0 Å². The van der Waals surface area contributed by atoms with Gasteiger partial charge in [0, 0.05) is 19.7 Å². The molecule has 1 heterocycles. The second kappa shape index (κ2) is 5.30. The Kier molecular flexibility index (Phi) is 3.76. The van der Waals surface area contributed by atoms with Gasteiger partial charge < -0.3 is 14.7 Å². The van der Waals surface area contributed by atoms with Gasteiger partial charge in [-0.25, -0.2) is 13.6 Å². The highest BCUT2D eigenvalue weighted by molar-refractivity contribution is 5.88. The molecule has 1 aliphatic heterocycles. The molecule has 1 fully saturated rings. The molecule has 1 N–H and O–H groups in total. The summed E-state index contributed by atoms with van der Waals surface area (Å²) < 4.78 is 32.6. The molecule has 0 aliphatic carbocycles. The molecule has 98 valence electrons. The van der Waals surface area contributed by atoms with E-state index in [1.165, 1.54) is 6.07 Å². The molecule has 0 saturated carbocycles. The fraction of sp³-hybridized carbons (Fsp3) is 0.417. The van der Waals surface area contributed by atoms with Crippen LogP contribution in [0.5, 0.6) is 0 Å². The van der Waals surface area contributed by atoms with Crippen LogP contribution in [-0.4, -0.2) is 37.4 Å². The topological polar surface area (TPSA) is 49.8 Å². The van der Waals surface area contributed by atoms with Crippen molar-refractivity contribution in [3.05, 3.63) is 29.3 Å². The molecule has 1 saturated heterocycles. The van der Waals surface area contributed by atoms with Crippen molar-refractivity contribution < 1.29 is 23.4 Å². The highest BCUT2D eigenvalue weighted by Gasteiger charge is 2.21. The highest BCUT2D eigenvalue weighted by atomic mass is 19.2. The van der Waals surface area contributed by atoms with Crippen LogP contribution in [0.2, 0.25) is 0 Å². The Morgan fingerprint density at radius 3 is 2.72 bits per heavy atom. The molecule has 0 aromatic heterocycles. The third-order valence-electron chi connectivity index (χ3n) is 2.86. The van der Waals surface area contributed by atoms with Crippen LogP contribution in [0, 0.1) is 11.6 Å². The molecule has 0 unspecified atom stereocenters. The van der Waals surface area contributed by atoms with Crippen LogP contribution >= 0.6 is 0 Å². The molecule has 0 bridgehead atoms. The van der Waals surface area contributed by atoms with Crippen LogP contribution in [0.25, 0.3) is 0 Å². The number of hydrogen-bond acceptors (Lipinski definition) is 3. The van der Waals surface area contributed by atoms with E-state index in [1.54, 1.807) is 4.90 Å². The van der Waals surface area contributed by atoms with Crippen molar-refractivity contribution in [3.8, 4) is 0 Å². The molecule has 1 aromatic carbocycles. The van der Waals surface area contributed by atoms with Gasteiger partial charge in [0.15, 0.2) is 11.6 Å². The Morgan fingerprint density at radius 1 is 1.22 bits per heavy atom. The SMILES string of the molecule is O=C(O)c1ccc(N2CCCOCC2)c(F)c1F. The lowest BCUT2D eigenvalue weighted by Gasteiger charge is -2.22. The average Bonchev–Trinajstić information content (AvgIpc) is 2.60. The molecule has 0 spiro atoms. The maximum atomic E-state index is 13.8. The Labute approximate surface area is 103 Å². The maximum Gasteiger partial charge on any atom is 0.338 e. The minimum absolute atomic E-state index is 0.0861. The Morgan fingerprint density at radius 2 is 2.00 bits per heavy atom. The zero-order valence-corrected chi connectivity index (χ0v) is 9.66. The molecule has 4 nitrogen and oxygen atoms in total. The minimum Gasteiger partial charge on any atom is -0.478 e. The van der Waals surface area contributed by atoms with E-state index < -0.39 is 23.2 Å². The first kappa shape index (κ1) is 12.8. The minimum atomic E-state index is -1.47. The van der Waals surface area contributed by atoms with Crippen molar-refractivity contribution in [2.75, 3.05) is 31.2 Å². The number of carboxylic acid groups (broad SMARTS) is 1. The Bertz CT molecular complexity index is 457. The first-order chi connectivity index (χ1) is 8.61. The average molecular weight is 257 g/mol. The summed E-state index contributed by atoms with van der Waals surface area (Å²) in [6.45, 7) is 2.06. The molecule has 0 radical (unpaired) electrons. The summed E-state index contributed by atoms with van der Waals surface area (Å²) in [5.41, 5.74) is -0.565. The maximum absolute atomic E-state index is 13.8. The number of carbonyl (C=O) groups is 1. The largest absolute Gasteiger partial charge is 0.478 e. The van der Waals surface area contributed by atoms with E-state index >= 15 is 0 Å². The van der Waals surface area contributed by atoms with E-state index in [0.29, 0.717) is 26.3 Å². The van der Waals surface area contributed by atoms with E-state index in [9.17, 15) is 13.6 Å². The number of aromatic carboxylic acids is 1. The monoisotopic (exact) mass is 257 g/mol. The number of halogens is 2. The van der Waals surface area contributed by atoms with Gasteiger partial charge in [-0.3, -0.25) is 0 Å². The predicted molar refractivity (Wildman–Crippen MR) is 61.0 cm³/mol. The molecule has 0 amide bonds. The van der Waals surface area contributed by atoms with Crippen LogP contribution in [-0.2, 0) is 4.74 Å². The summed E-state index contributed by atoms with van der Waals surface area (Å²) in [7, 11) is 0. The quantitative estimate of drug-likeness (QED) is 0.879. The Balaban J connectivity index is 2.33. The van der Waals surface area contributed by atoms with E-state index in [1.807, 2.05) is 0 Å². The van der Waals surface area contributed by atoms with E-state index in [2.05, 4.69) is 0 Å². The van der Waals surface area contributed by atoms with E-state index in [0.717, 1.165) is 12.5 Å². The molecule has 0 atom stereocenters. The standard InChI is InChI=1S/C12H13F2NO3/c13-10-8(12(16)17)2-3-9(11(10)14)15-4-1-6-18-7-5-15/h2-3H,1,4-7H2,(H,16,17). The summed E-state index contributed by atoms with van der Waals surface area (Å²) in [4.78, 5) is 12.3. The molecule has 6 heteroatoms. The highest BCUT2D eigenvalue weighted by Crippen LogP contribution is 2.25. The second-order valence-corrected chi connectivity index (χ2v) is 4.02. The number of nitrogens with zero attached hydrogens (tertiary/aromatic N) is 1. The lowest BCUT2D eigenvalue weighted by molar-refractivity contribution is 0.0690. The predicted octanol–water partition coefficient (Wildman–Crippen LogP) is 1.89. The van der Waals surface area contributed by atoms with Gasteiger partial charge in [-0.2, -0.15) is 0 Å². The van der Waals surface area contributed by atoms with Crippen molar-refractivity contribution >= 4 is 11.7 Å². The van der Waals surface area contributed by atoms with Gasteiger partial charge in [0.2, 0.25) is 0 Å². The first-order valence-corrected chi connectivity index (χ1v) is 5.65. The van der Waals surface area contributed by atoms with Gasteiger partial charge >= 0.3 is 5.97 Å². The number of carboxylic acids is 1. The molecule has 2 rings (SSSR count). The van der Waals surface area contributed by atoms with Crippen molar-refractivity contribution in [2.45, 2.75) is 6.42 Å². The van der Waals surface area contributed by atoms with Crippen LogP contribution in [0.4, 0.5) is 14.5 Å². The van der Waals surface area contributed by atoms with Crippen molar-refractivity contribution in [3.63, 3.8) is 0 Å². The van der Waals surface area contributed by atoms with Gasteiger partial charge in [-0.05, 0) is 18.6 Å². The fourth-order valence-electron chi connectivity index (χ4n) is 1.94. The zero-order chi connectivity index (χ0) is 13.1. The third-order valence-corrected chi connectivity index (χ3v) is 2.86. The smallest absolute Gasteiger partial charge is 0.338 e. The van der Waals surface area contributed by atoms with Crippen molar-refractivity contribution in [1.29, 1.82) is 0 Å². The number of ether oxygens (including phenoxy) is 1. The lowest BCUT2D eigenvalue weighted by Crippen LogP contribution is -2.27. The van der Waals surface area contributed by atoms with Gasteiger partial charge in [0.25, 0.3) is 0 Å². The number of hydrogen-bond donors (Lipinski definition) is 1. The van der Waals surface area contributed by atoms with E-state index in [4.69, 9.17) is 9.84 Å². The third kappa shape index (κ3) is 2.43. The number of benzene rings is 1. The normalized spacial score (nSPS) is 16.4. The number of anilines is 1. The van der Waals surface area contributed by atoms with Crippen LogP contribution in [0.1, 0.15) is 16.8 Å². The lowest BCUT2D eigenvalue weighted by atomic mass is 10.1. The molecular weight excluding hydrogens is 244 g/mol. The van der Waals surface area contributed by atoms with Crippen LogP contribution in [0.15, 0.2) is 12.1 Å². The number of rotatable bonds is 2. The summed E-state index contributed by atoms with van der Waals surface area (Å²) in [6.07, 6.45) is 0.724. The Hall–Kier alpha value is -1.69. The van der Waals surface area contributed by atoms with Crippen LogP contribution < -0.4 is 4.90 Å². The summed E-state index contributed by atoms with van der Waals surface area (Å²) in [5.74, 6) is -3.90. The molecular formula is C12H13F2NO3. The van der Waals surface area contributed by atoms with E-state index in [-0.39, 0.29) is 5.69 Å². The van der Waals surface area contributed by atoms with Gasteiger partial charge in [-0.1, -0.05) is 0 Å².